The van der Waals surface area contributed by atoms with Crippen molar-refractivity contribution < 1.29 is 14.3 Å². The van der Waals surface area contributed by atoms with Gasteiger partial charge >= 0.3 is 0 Å². The molecule has 0 bridgehead atoms. The second-order valence-corrected chi connectivity index (χ2v) is 6.08. The van der Waals surface area contributed by atoms with E-state index in [4.69, 9.17) is 9.47 Å². The average Bonchev–Trinajstić information content (AvgIpc) is 2.75. The summed E-state index contributed by atoms with van der Waals surface area (Å²) in [5.41, 5.74) is 0. The van der Waals surface area contributed by atoms with E-state index >= 15 is 0 Å². The molecule has 0 atom stereocenters. The molecular weight excluding hydrogens is 286 g/mol. The van der Waals surface area contributed by atoms with Crippen molar-refractivity contribution >= 4 is 17.7 Å². The molecule has 2 rings (SSSR count). The number of fused-ring (bicyclic) bond motifs is 1. The molecule has 1 aromatic carbocycles. The summed E-state index contributed by atoms with van der Waals surface area (Å²) in [6, 6.07) is 6.13. The summed E-state index contributed by atoms with van der Waals surface area (Å²) in [5, 5.41) is 3.04. The molecule has 0 unspecified atom stereocenters. The molecule has 116 valence electrons. The summed E-state index contributed by atoms with van der Waals surface area (Å²) in [4.78, 5) is 12.9. The van der Waals surface area contributed by atoms with E-state index in [9.17, 15) is 4.79 Å². The Labute approximate surface area is 130 Å². The highest BCUT2D eigenvalue weighted by Crippen LogP contribution is 2.33. The average molecular weight is 309 g/mol. The van der Waals surface area contributed by atoms with Gasteiger partial charge in [-0.1, -0.05) is 13.8 Å². The van der Waals surface area contributed by atoms with Crippen LogP contribution in [0.15, 0.2) is 23.1 Å². The van der Waals surface area contributed by atoms with E-state index in [0.29, 0.717) is 19.0 Å². The van der Waals surface area contributed by atoms with E-state index in [0.717, 1.165) is 35.7 Å². The van der Waals surface area contributed by atoms with Crippen molar-refractivity contribution in [2.45, 2.75) is 44.0 Å². The topological polar surface area (TPSA) is 47.6 Å². The molecule has 1 N–H and O–H groups in total. The van der Waals surface area contributed by atoms with Gasteiger partial charge in [0.25, 0.3) is 0 Å². The summed E-state index contributed by atoms with van der Waals surface area (Å²) >= 11 is 1.52. The molecule has 0 aliphatic carbocycles. The summed E-state index contributed by atoms with van der Waals surface area (Å²) < 4.78 is 11.3. The molecule has 1 aliphatic heterocycles. The van der Waals surface area contributed by atoms with Gasteiger partial charge in [-0.25, -0.2) is 0 Å². The van der Waals surface area contributed by atoms with Gasteiger partial charge in [0, 0.05) is 17.4 Å². The fraction of sp³-hybridized carbons (Fsp3) is 0.562. The molecule has 1 aliphatic rings. The number of hydrogen-bond donors (Lipinski definition) is 1. The van der Waals surface area contributed by atoms with E-state index in [1.54, 1.807) is 0 Å². The lowest BCUT2D eigenvalue weighted by Gasteiger charge is -2.14. The Kier molecular flexibility index (Phi) is 6.23. The predicted molar refractivity (Wildman–Crippen MR) is 85.3 cm³/mol. The highest BCUT2D eigenvalue weighted by molar-refractivity contribution is 8.00. The maximum absolute atomic E-state index is 11.9. The van der Waals surface area contributed by atoms with Crippen LogP contribution in [0.4, 0.5) is 0 Å². The lowest BCUT2D eigenvalue weighted by atomic mass is 10.2. The number of ether oxygens (including phenoxy) is 2. The highest BCUT2D eigenvalue weighted by Gasteiger charge is 2.12. The quantitative estimate of drug-likeness (QED) is 0.820. The van der Waals surface area contributed by atoms with Gasteiger partial charge in [-0.15, -0.1) is 11.8 Å². The molecule has 0 saturated heterocycles. The molecule has 4 nitrogen and oxygen atoms in total. The SMILES string of the molecule is CCC(CC)NC(=O)CSc1ccc2c(c1)OCCCO2. The lowest BCUT2D eigenvalue weighted by Crippen LogP contribution is -2.34. The fourth-order valence-corrected chi connectivity index (χ4v) is 2.88. The van der Waals surface area contributed by atoms with Crippen LogP contribution in [0.25, 0.3) is 0 Å². The molecule has 0 aromatic heterocycles. The second-order valence-electron chi connectivity index (χ2n) is 5.03. The zero-order valence-corrected chi connectivity index (χ0v) is 13.5. The number of amides is 1. The largest absolute Gasteiger partial charge is 0.490 e. The first-order valence-electron chi connectivity index (χ1n) is 7.54. The Morgan fingerprint density at radius 3 is 2.67 bits per heavy atom. The van der Waals surface area contributed by atoms with Gasteiger partial charge in [0.15, 0.2) is 11.5 Å². The Bertz CT molecular complexity index is 475. The summed E-state index contributed by atoms with van der Waals surface area (Å²) in [6.45, 7) is 5.55. The highest BCUT2D eigenvalue weighted by atomic mass is 32.2. The van der Waals surface area contributed by atoms with Crippen LogP contribution in [0.2, 0.25) is 0 Å². The van der Waals surface area contributed by atoms with Crippen molar-refractivity contribution in [2.24, 2.45) is 0 Å². The minimum atomic E-state index is 0.0841. The van der Waals surface area contributed by atoms with Gasteiger partial charge in [-0.3, -0.25) is 4.79 Å². The summed E-state index contributed by atoms with van der Waals surface area (Å²) in [5.74, 6) is 2.08. The number of nitrogens with one attached hydrogen (secondary N) is 1. The third kappa shape index (κ3) is 4.84. The van der Waals surface area contributed by atoms with E-state index in [1.807, 2.05) is 18.2 Å². The molecule has 21 heavy (non-hydrogen) atoms. The first-order chi connectivity index (χ1) is 10.2. The van der Waals surface area contributed by atoms with Gasteiger partial charge in [0.05, 0.1) is 19.0 Å². The van der Waals surface area contributed by atoms with Crippen LogP contribution in [0, 0.1) is 0 Å². The fourth-order valence-electron chi connectivity index (χ4n) is 2.14. The van der Waals surface area contributed by atoms with Crippen LogP contribution in [-0.2, 0) is 4.79 Å². The van der Waals surface area contributed by atoms with Gasteiger partial charge in [0.2, 0.25) is 5.91 Å². The van der Waals surface area contributed by atoms with Crippen molar-refractivity contribution in [3.8, 4) is 11.5 Å². The van der Waals surface area contributed by atoms with Crippen LogP contribution in [0.5, 0.6) is 11.5 Å². The zero-order chi connectivity index (χ0) is 15.1. The molecular formula is C16H23NO3S. The number of benzene rings is 1. The summed E-state index contributed by atoms with van der Waals surface area (Å²) in [7, 11) is 0. The Hall–Kier alpha value is -1.36. The Balaban J connectivity index is 1.88. The number of carbonyl (C=O) groups is 1. The molecule has 1 heterocycles. The van der Waals surface area contributed by atoms with E-state index in [2.05, 4.69) is 19.2 Å². The predicted octanol–water partition coefficient (Wildman–Crippen LogP) is 3.24. The van der Waals surface area contributed by atoms with Crippen LogP contribution in [-0.4, -0.2) is 30.9 Å². The Morgan fingerprint density at radius 1 is 1.24 bits per heavy atom. The number of carbonyl (C=O) groups excluding carboxylic acids is 1. The number of rotatable bonds is 6. The first kappa shape index (κ1) is 16.0. The van der Waals surface area contributed by atoms with Crippen molar-refractivity contribution in [1.82, 2.24) is 5.32 Å². The Morgan fingerprint density at radius 2 is 1.95 bits per heavy atom. The normalized spacial score (nSPS) is 13.9. The van der Waals surface area contributed by atoms with E-state index in [-0.39, 0.29) is 11.9 Å². The van der Waals surface area contributed by atoms with E-state index < -0.39 is 0 Å². The van der Waals surface area contributed by atoms with Crippen LogP contribution in [0.1, 0.15) is 33.1 Å². The third-order valence-corrected chi connectivity index (χ3v) is 4.43. The van der Waals surface area contributed by atoms with Crippen molar-refractivity contribution in [2.75, 3.05) is 19.0 Å². The van der Waals surface area contributed by atoms with Crippen molar-refractivity contribution in [3.63, 3.8) is 0 Å². The second kappa shape index (κ2) is 8.17. The monoisotopic (exact) mass is 309 g/mol. The number of thioether (sulfide) groups is 1. The zero-order valence-electron chi connectivity index (χ0n) is 12.7. The molecule has 0 radical (unpaired) electrons. The van der Waals surface area contributed by atoms with Gasteiger partial charge in [-0.05, 0) is 31.0 Å². The first-order valence-corrected chi connectivity index (χ1v) is 8.53. The minimum absolute atomic E-state index is 0.0841. The van der Waals surface area contributed by atoms with E-state index in [1.165, 1.54) is 11.8 Å². The molecule has 5 heteroatoms. The minimum Gasteiger partial charge on any atom is -0.490 e. The lowest BCUT2D eigenvalue weighted by molar-refractivity contribution is -0.119. The maximum atomic E-state index is 11.9. The van der Waals surface area contributed by atoms with Crippen LogP contribution >= 0.6 is 11.8 Å². The third-order valence-electron chi connectivity index (χ3n) is 3.44. The maximum Gasteiger partial charge on any atom is 0.230 e. The van der Waals surface area contributed by atoms with Gasteiger partial charge in [0.1, 0.15) is 0 Å². The van der Waals surface area contributed by atoms with Gasteiger partial charge in [-0.2, -0.15) is 0 Å². The van der Waals surface area contributed by atoms with Crippen molar-refractivity contribution in [1.29, 1.82) is 0 Å². The van der Waals surface area contributed by atoms with Crippen LogP contribution in [0.3, 0.4) is 0 Å². The van der Waals surface area contributed by atoms with Crippen LogP contribution < -0.4 is 14.8 Å². The molecule has 0 saturated carbocycles. The number of hydrogen-bond acceptors (Lipinski definition) is 4. The standard InChI is InChI=1S/C16H23NO3S/c1-3-12(4-2)17-16(18)11-21-13-6-7-14-15(10-13)20-9-5-8-19-14/h6-7,10,12H,3-5,8-9,11H2,1-2H3,(H,17,18). The molecule has 0 spiro atoms. The van der Waals surface area contributed by atoms with Crippen molar-refractivity contribution in [3.05, 3.63) is 18.2 Å². The smallest absolute Gasteiger partial charge is 0.230 e. The molecule has 1 aromatic rings. The van der Waals surface area contributed by atoms with Gasteiger partial charge < -0.3 is 14.8 Å². The molecule has 1 amide bonds. The summed E-state index contributed by atoms with van der Waals surface area (Å²) in [6.07, 6.45) is 2.84. The molecule has 0 fully saturated rings.